The highest BCUT2D eigenvalue weighted by molar-refractivity contribution is 5.90. The third-order valence-electron chi connectivity index (χ3n) is 4.18. The van der Waals surface area contributed by atoms with Crippen LogP contribution in [-0.4, -0.2) is 43.6 Å². The molecule has 2 aromatic carbocycles. The van der Waals surface area contributed by atoms with Crippen LogP contribution in [0.4, 0.5) is 5.69 Å². The summed E-state index contributed by atoms with van der Waals surface area (Å²) in [6.07, 6.45) is 0. The molecule has 0 heterocycles. The largest absolute Gasteiger partial charge is 0.493 e. The Morgan fingerprint density at radius 1 is 1.00 bits per heavy atom. The van der Waals surface area contributed by atoms with Crippen LogP contribution in [0.15, 0.2) is 42.5 Å². The van der Waals surface area contributed by atoms with E-state index in [2.05, 4.69) is 5.32 Å². The van der Waals surface area contributed by atoms with Gasteiger partial charge in [0, 0.05) is 20.0 Å². The lowest BCUT2D eigenvalue weighted by molar-refractivity contribution is -0.133. The van der Waals surface area contributed by atoms with E-state index in [1.54, 1.807) is 36.3 Å². The van der Waals surface area contributed by atoms with E-state index in [1.165, 1.54) is 6.92 Å². The molecule has 0 aliphatic heterocycles. The fraction of sp³-hybridized carbons (Fsp3) is 0.364. The molecule has 29 heavy (non-hydrogen) atoms. The molecule has 2 amide bonds. The molecule has 0 radical (unpaired) electrons. The van der Waals surface area contributed by atoms with Gasteiger partial charge in [0.1, 0.15) is 5.75 Å². The third-order valence-corrected chi connectivity index (χ3v) is 4.18. The summed E-state index contributed by atoms with van der Waals surface area (Å²) in [4.78, 5) is 25.7. The highest BCUT2D eigenvalue weighted by Crippen LogP contribution is 2.28. The monoisotopic (exact) mass is 400 g/mol. The number of hydrogen-bond donors (Lipinski definition) is 1. The van der Waals surface area contributed by atoms with Crippen LogP contribution in [-0.2, 0) is 16.1 Å². The second-order valence-electron chi connectivity index (χ2n) is 6.29. The molecule has 0 fully saturated rings. The SMILES string of the molecule is CCOc1ccc(CN(CC)C(=O)COc2ccccc2NC(C)=O)cc1OC. The maximum absolute atomic E-state index is 12.7. The van der Waals surface area contributed by atoms with Crippen molar-refractivity contribution in [2.75, 3.05) is 32.2 Å². The van der Waals surface area contributed by atoms with Crippen molar-refractivity contribution in [3.05, 3.63) is 48.0 Å². The molecule has 7 nitrogen and oxygen atoms in total. The highest BCUT2D eigenvalue weighted by Gasteiger charge is 2.15. The number of amides is 2. The van der Waals surface area contributed by atoms with Crippen molar-refractivity contribution in [1.29, 1.82) is 0 Å². The smallest absolute Gasteiger partial charge is 0.260 e. The summed E-state index contributed by atoms with van der Waals surface area (Å²) in [6, 6.07) is 12.6. The highest BCUT2D eigenvalue weighted by atomic mass is 16.5. The van der Waals surface area contributed by atoms with E-state index in [1.807, 2.05) is 32.0 Å². The van der Waals surface area contributed by atoms with Crippen molar-refractivity contribution in [3.8, 4) is 17.2 Å². The lowest BCUT2D eigenvalue weighted by Crippen LogP contribution is -2.34. The van der Waals surface area contributed by atoms with Crippen molar-refractivity contribution in [3.63, 3.8) is 0 Å². The third kappa shape index (κ3) is 6.41. The van der Waals surface area contributed by atoms with E-state index in [4.69, 9.17) is 14.2 Å². The van der Waals surface area contributed by atoms with Crippen LogP contribution in [0, 0.1) is 0 Å². The molecule has 7 heteroatoms. The molecule has 0 bridgehead atoms. The van der Waals surface area contributed by atoms with Gasteiger partial charge in [0.25, 0.3) is 5.91 Å². The second-order valence-corrected chi connectivity index (χ2v) is 6.29. The molecule has 156 valence electrons. The van der Waals surface area contributed by atoms with Gasteiger partial charge < -0.3 is 24.4 Å². The molecule has 0 saturated carbocycles. The van der Waals surface area contributed by atoms with Crippen molar-refractivity contribution in [1.82, 2.24) is 4.90 Å². The fourth-order valence-corrected chi connectivity index (χ4v) is 2.80. The number of nitrogens with zero attached hydrogens (tertiary/aromatic N) is 1. The van der Waals surface area contributed by atoms with Crippen LogP contribution in [0.5, 0.6) is 17.2 Å². The molecule has 0 spiro atoms. The van der Waals surface area contributed by atoms with E-state index in [0.717, 1.165) is 5.56 Å². The van der Waals surface area contributed by atoms with Gasteiger partial charge in [-0.3, -0.25) is 9.59 Å². The van der Waals surface area contributed by atoms with Gasteiger partial charge in [-0.25, -0.2) is 0 Å². The standard InChI is InChI=1S/C22H28N2O5/c1-5-24(14-17-11-12-20(28-6-2)21(13-17)27-4)22(26)15-29-19-10-8-7-9-18(19)23-16(3)25/h7-13H,5-6,14-15H2,1-4H3,(H,23,25). The Kier molecular flexibility index (Phi) is 8.33. The quantitative estimate of drug-likeness (QED) is 0.661. The van der Waals surface area contributed by atoms with Gasteiger partial charge >= 0.3 is 0 Å². The van der Waals surface area contributed by atoms with Gasteiger partial charge in [0.05, 0.1) is 19.4 Å². The number of para-hydroxylation sites is 2. The van der Waals surface area contributed by atoms with Crippen LogP contribution in [0.3, 0.4) is 0 Å². The minimum Gasteiger partial charge on any atom is -0.493 e. The summed E-state index contributed by atoms with van der Waals surface area (Å²) in [5.74, 6) is 1.40. The van der Waals surface area contributed by atoms with Crippen LogP contribution in [0.1, 0.15) is 26.3 Å². The molecule has 0 aliphatic rings. The van der Waals surface area contributed by atoms with Gasteiger partial charge in [-0.2, -0.15) is 0 Å². The molecule has 0 aromatic heterocycles. The summed E-state index contributed by atoms with van der Waals surface area (Å²) in [5, 5.41) is 2.69. The molecule has 1 N–H and O–H groups in total. The van der Waals surface area contributed by atoms with Crippen molar-refractivity contribution < 1.29 is 23.8 Å². The Balaban J connectivity index is 2.03. The van der Waals surface area contributed by atoms with E-state index in [9.17, 15) is 9.59 Å². The maximum Gasteiger partial charge on any atom is 0.260 e. The normalized spacial score (nSPS) is 10.2. The van der Waals surface area contributed by atoms with E-state index >= 15 is 0 Å². The van der Waals surface area contributed by atoms with Crippen molar-refractivity contribution >= 4 is 17.5 Å². The predicted octanol–water partition coefficient (Wildman–Crippen LogP) is 3.48. The van der Waals surface area contributed by atoms with Gasteiger partial charge in [-0.1, -0.05) is 18.2 Å². The summed E-state index contributed by atoms with van der Waals surface area (Å²) in [6.45, 7) is 6.63. The zero-order valence-corrected chi connectivity index (χ0v) is 17.4. The van der Waals surface area contributed by atoms with Crippen LogP contribution >= 0.6 is 0 Å². The molecule has 0 unspecified atom stereocenters. The lowest BCUT2D eigenvalue weighted by Gasteiger charge is -2.22. The molecule has 2 rings (SSSR count). The Bertz CT molecular complexity index is 838. The topological polar surface area (TPSA) is 77.1 Å². The maximum atomic E-state index is 12.7. The predicted molar refractivity (Wildman–Crippen MR) is 111 cm³/mol. The first-order valence-corrected chi connectivity index (χ1v) is 9.55. The first-order chi connectivity index (χ1) is 14.0. The number of likely N-dealkylation sites (N-methyl/N-ethyl adjacent to an activating group) is 1. The Morgan fingerprint density at radius 2 is 1.76 bits per heavy atom. The number of ether oxygens (including phenoxy) is 3. The van der Waals surface area contributed by atoms with Crippen LogP contribution in [0.25, 0.3) is 0 Å². The van der Waals surface area contributed by atoms with Gasteiger partial charge in [-0.15, -0.1) is 0 Å². The minimum atomic E-state index is -0.202. The number of rotatable bonds is 10. The van der Waals surface area contributed by atoms with Crippen LogP contribution in [0.2, 0.25) is 0 Å². The number of nitrogens with one attached hydrogen (secondary N) is 1. The molecular formula is C22H28N2O5. The number of anilines is 1. The molecule has 0 atom stereocenters. The van der Waals surface area contributed by atoms with Crippen molar-refractivity contribution in [2.45, 2.75) is 27.3 Å². The summed E-state index contributed by atoms with van der Waals surface area (Å²) in [5.41, 5.74) is 1.46. The number of benzene rings is 2. The second kappa shape index (κ2) is 10.9. The fourth-order valence-electron chi connectivity index (χ4n) is 2.80. The van der Waals surface area contributed by atoms with E-state index < -0.39 is 0 Å². The van der Waals surface area contributed by atoms with Crippen molar-refractivity contribution in [2.24, 2.45) is 0 Å². The molecule has 0 aliphatic carbocycles. The Morgan fingerprint density at radius 3 is 2.41 bits per heavy atom. The first-order valence-electron chi connectivity index (χ1n) is 9.55. The lowest BCUT2D eigenvalue weighted by atomic mass is 10.2. The summed E-state index contributed by atoms with van der Waals surface area (Å²) >= 11 is 0. The van der Waals surface area contributed by atoms with E-state index in [0.29, 0.717) is 42.6 Å². The zero-order chi connectivity index (χ0) is 21.2. The van der Waals surface area contributed by atoms with Gasteiger partial charge in [-0.05, 0) is 43.7 Å². The zero-order valence-electron chi connectivity index (χ0n) is 17.4. The number of hydrogen-bond acceptors (Lipinski definition) is 5. The Labute approximate surface area is 171 Å². The first kappa shape index (κ1) is 22.1. The number of methoxy groups -OCH3 is 1. The summed E-state index contributed by atoms with van der Waals surface area (Å²) < 4.78 is 16.6. The van der Waals surface area contributed by atoms with Gasteiger partial charge in [0.2, 0.25) is 5.91 Å². The molecular weight excluding hydrogens is 372 g/mol. The number of carbonyl (C=O) groups is 2. The molecule has 0 saturated heterocycles. The summed E-state index contributed by atoms with van der Waals surface area (Å²) in [7, 11) is 1.59. The van der Waals surface area contributed by atoms with Crippen LogP contribution < -0.4 is 19.5 Å². The Hall–Kier alpha value is -3.22. The minimum absolute atomic E-state index is 0.126. The average Bonchev–Trinajstić information content (AvgIpc) is 2.71. The number of carbonyl (C=O) groups excluding carboxylic acids is 2. The molecule has 2 aromatic rings. The average molecular weight is 400 g/mol. The van der Waals surface area contributed by atoms with Gasteiger partial charge in [0.15, 0.2) is 18.1 Å². The van der Waals surface area contributed by atoms with E-state index in [-0.39, 0.29) is 18.4 Å².